The molecular weight excluding hydrogens is 412 g/mol. The molecule has 0 bridgehead atoms. The van der Waals surface area contributed by atoms with Crippen LogP contribution in [0.25, 0.3) is 28.0 Å². The van der Waals surface area contributed by atoms with E-state index in [1.807, 2.05) is 41.0 Å². The molecule has 2 fully saturated rings. The number of hydrogen-bond acceptors (Lipinski definition) is 6. The summed E-state index contributed by atoms with van der Waals surface area (Å²) < 4.78 is 7.67. The van der Waals surface area contributed by atoms with Crippen LogP contribution in [0.2, 0.25) is 0 Å². The SMILES string of the molecule is C=CCOc1ccc(-c2nn3c(NC4CC4)cccc3c2-c2ccnc(NC3CC3)n2)cc1. The Morgan fingerprint density at radius 1 is 1.00 bits per heavy atom. The van der Waals surface area contributed by atoms with E-state index in [1.165, 1.54) is 25.7 Å². The fourth-order valence-corrected chi connectivity index (χ4v) is 3.91. The van der Waals surface area contributed by atoms with Gasteiger partial charge in [-0.2, -0.15) is 5.10 Å². The maximum absolute atomic E-state index is 5.67. The zero-order valence-corrected chi connectivity index (χ0v) is 18.4. The van der Waals surface area contributed by atoms with Gasteiger partial charge in [0.2, 0.25) is 5.95 Å². The topological polar surface area (TPSA) is 76.4 Å². The van der Waals surface area contributed by atoms with Gasteiger partial charge in [0.15, 0.2) is 0 Å². The van der Waals surface area contributed by atoms with E-state index in [-0.39, 0.29) is 0 Å². The predicted octanol–water partition coefficient (Wildman–Crippen LogP) is 5.17. The third-order valence-corrected chi connectivity index (χ3v) is 5.90. The van der Waals surface area contributed by atoms with E-state index >= 15 is 0 Å². The Balaban J connectivity index is 1.48. The van der Waals surface area contributed by atoms with Crippen LogP contribution in [0, 0.1) is 0 Å². The van der Waals surface area contributed by atoms with Gasteiger partial charge in [-0.1, -0.05) is 18.7 Å². The van der Waals surface area contributed by atoms with Gasteiger partial charge in [0.05, 0.1) is 16.8 Å². The Morgan fingerprint density at radius 2 is 1.79 bits per heavy atom. The Hall–Kier alpha value is -3.87. The third kappa shape index (κ3) is 4.14. The number of ether oxygens (including phenoxy) is 1. The molecule has 166 valence electrons. The molecule has 7 nitrogen and oxygen atoms in total. The molecule has 2 aliphatic carbocycles. The molecule has 0 unspecified atom stereocenters. The number of benzene rings is 1. The molecule has 0 spiro atoms. The smallest absolute Gasteiger partial charge is 0.223 e. The van der Waals surface area contributed by atoms with Crippen molar-refractivity contribution < 1.29 is 4.74 Å². The van der Waals surface area contributed by atoms with Crippen molar-refractivity contribution in [2.45, 2.75) is 37.8 Å². The number of aromatic nitrogens is 4. The molecule has 0 atom stereocenters. The Kier molecular flexibility index (Phi) is 4.94. The zero-order valence-electron chi connectivity index (χ0n) is 18.4. The Bertz CT molecular complexity index is 1300. The highest BCUT2D eigenvalue weighted by Crippen LogP contribution is 2.37. The van der Waals surface area contributed by atoms with Crippen LogP contribution in [0.15, 0.2) is 67.4 Å². The summed E-state index contributed by atoms with van der Waals surface area (Å²) in [7, 11) is 0. The van der Waals surface area contributed by atoms with Crippen molar-refractivity contribution in [1.82, 2.24) is 19.6 Å². The summed E-state index contributed by atoms with van der Waals surface area (Å²) in [5, 5.41) is 12.1. The highest BCUT2D eigenvalue weighted by Gasteiger charge is 2.25. The molecule has 2 saturated carbocycles. The monoisotopic (exact) mass is 438 g/mol. The molecule has 1 aromatic carbocycles. The lowest BCUT2D eigenvalue weighted by Crippen LogP contribution is -2.06. The molecule has 0 radical (unpaired) electrons. The first-order valence-corrected chi connectivity index (χ1v) is 11.5. The molecule has 3 aromatic heterocycles. The van der Waals surface area contributed by atoms with E-state index < -0.39 is 0 Å². The first kappa shape index (κ1) is 19.8. The summed E-state index contributed by atoms with van der Waals surface area (Å²) in [6, 6.07) is 17.3. The van der Waals surface area contributed by atoms with E-state index in [2.05, 4.69) is 40.4 Å². The number of nitrogens with zero attached hydrogens (tertiary/aromatic N) is 4. The summed E-state index contributed by atoms with van der Waals surface area (Å²) in [4.78, 5) is 9.29. The highest BCUT2D eigenvalue weighted by molar-refractivity contribution is 5.91. The van der Waals surface area contributed by atoms with Crippen molar-refractivity contribution in [1.29, 1.82) is 0 Å². The first-order chi connectivity index (χ1) is 16.3. The molecular formula is C26H26N6O. The van der Waals surface area contributed by atoms with Gasteiger partial charge in [-0.25, -0.2) is 14.5 Å². The van der Waals surface area contributed by atoms with E-state index in [4.69, 9.17) is 14.8 Å². The highest BCUT2D eigenvalue weighted by atomic mass is 16.5. The number of pyridine rings is 1. The molecule has 7 heteroatoms. The van der Waals surface area contributed by atoms with Crippen molar-refractivity contribution in [3.8, 4) is 28.3 Å². The summed E-state index contributed by atoms with van der Waals surface area (Å²) >= 11 is 0. The van der Waals surface area contributed by atoms with Gasteiger partial charge in [0.1, 0.15) is 23.9 Å². The zero-order chi connectivity index (χ0) is 22.2. The minimum absolute atomic E-state index is 0.479. The summed E-state index contributed by atoms with van der Waals surface area (Å²) in [6.45, 7) is 4.19. The fraction of sp³-hybridized carbons (Fsp3) is 0.269. The maximum Gasteiger partial charge on any atom is 0.223 e. The van der Waals surface area contributed by atoms with Crippen LogP contribution in [0.3, 0.4) is 0 Å². The van der Waals surface area contributed by atoms with Crippen LogP contribution >= 0.6 is 0 Å². The fourth-order valence-electron chi connectivity index (χ4n) is 3.91. The van der Waals surface area contributed by atoms with Gasteiger partial charge < -0.3 is 15.4 Å². The van der Waals surface area contributed by atoms with Crippen LogP contribution in [0.1, 0.15) is 25.7 Å². The molecule has 33 heavy (non-hydrogen) atoms. The lowest BCUT2D eigenvalue weighted by Gasteiger charge is -2.08. The second-order valence-corrected chi connectivity index (χ2v) is 8.66. The average Bonchev–Trinajstić information content (AvgIpc) is 3.78. The van der Waals surface area contributed by atoms with Gasteiger partial charge in [-0.15, -0.1) is 0 Å². The molecule has 2 aliphatic rings. The van der Waals surface area contributed by atoms with Gasteiger partial charge >= 0.3 is 0 Å². The van der Waals surface area contributed by atoms with Crippen molar-refractivity contribution in [3.63, 3.8) is 0 Å². The molecule has 4 aromatic rings. The third-order valence-electron chi connectivity index (χ3n) is 5.90. The van der Waals surface area contributed by atoms with Crippen LogP contribution in [0.4, 0.5) is 11.8 Å². The molecule has 3 heterocycles. The Labute approximate surface area is 192 Å². The van der Waals surface area contributed by atoms with Crippen molar-refractivity contribution >= 4 is 17.3 Å². The Morgan fingerprint density at radius 3 is 2.55 bits per heavy atom. The first-order valence-electron chi connectivity index (χ1n) is 11.5. The molecule has 0 saturated heterocycles. The van der Waals surface area contributed by atoms with Crippen LogP contribution in [-0.4, -0.2) is 38.3 Å². The molecule has 2 N–H and O–H groups in total. The van der Waals surface area contributed by atoms with Crippen LogP contribution < -0.4 is 15.4 Å². The average molecular weight is 439 g/mol. The minimum Gasteiger partial charge on any atom is -0.490 e. The predicted molar refractivity (Wildman–Crippen MR) is 131 cm³/mol. The lowest BCUT2D eigenvalue weighted by atomic mass is 10.0. The molecule has 0 amide bonds. The van der Waals surface area contributed by atoms with Gasteiger partial charge in [-0.3, -0.25) is 0 Å². The minimum atomic E-state index is 0.479. The van der Waals surface area contributed by atoms with E-state index in [1.54, 1.807) is 6.08 Å². The summed E-state index contributed by atoms with van der Waals surface area (Å²) in [5.41, 5.74) is 4.75. The second-order valence-electron chi connectivity index (χ2n) is 8.66. The second kappa shape index (κ2) is 8.24. The summed E-state index contributed by atoms with van der Waals surface area (Å²) in [5.74, 6) is 2.47. The number of anilines is 2. The standard InChI is InChI=1S/C26H26N6O/c1-2-16-33-20-12-6-17(7-13-20)25-24(21-14-15-27-26(30-21)29-19-10-11-19)22-4-3-5-23(32(22)31-25)28-18-8-9-18/h2-7,12-15,18-19,28H,1,8-11,16H2,(H,27,29,30). The van der Waals surface area contributed by atoms with Crippen molar-refractivity contribution in [3.05, 3.63) is 67.4 Å². The van der Waals surface area contributed by atoms with Gasteiger partial charge in [0.25, 0.3) is 0 Å². The number of nitrogens with one attached hydrogen (secondary N) is 2. The van der Waals surface area contributed by atoms with Crippen LogP contribution in [0.5, 0.6) is 5.75 Å². The molecule has 6 rings (SSSR count). The van der Waals surface area contributed by atoms with E-state index in [0.717, 1.165) is 39.6 Å². The number of rotatable bonds is 9. The van der Waals surface area contributed by atoms with E-state index in [9.17, 15) is 0 Å². The lowest BCUT2D eigenvalue weighted by molar-refractivity contribution is 0.363. The van der Waals surface area contributed by atoms with E-state index in [0.29, 0.717) is 24.6 Å². The van der Waals surface area contributed by atoms with Crippen molar-refractivity contribution in [2.24, 2.45) is 0 Å². The quantitative estimate of drug-likeness (QED) is 0.351. The van der Waals surface area contributed by atoms with Gasteiger partial charge in [-0.05, 0) is 68.1 Å². The van der Waals surface area contributed by atoms with Crippen LogP contribution in [-0.2, 0) is 0 Å². The normalized spacial score (nSPS) is 15.4. The number of fused-ring (bicyclic) bond motifs is 1. The van der Waals surface area contributed by atoms with Gasteiger partial charge in [0, 0.05) is 23.8 Å². The largest absolute Gasteiger partial charge is 0.490 e. The molecule has 0 aliphatic heterocycles. The number of hydrogen-bond donors (Lipinski definition) is 2. The van der Waals surface area contributed by atoms with Crippen molar-refractivity contribution in [2.75, 3.05) is 17.2 Å². The summed E-state index contributed by atoms with van der Waals surface area (Å²) in [6.07, 6.45) is 8.30. The maximum atomic E-state index is 5.67.